The summed E-state index contributed by atoms with van der Waals surface area (Å²) < 4.78 is 28.7. The van der Waals surface area contributed by atoms with Crippen LogP contribution in [0.2, 0.25) is 0 Å². The minimum Gasteiger partial charge on any atom is -0.326 e. The van der Waals surface area contributed by atoms with Crippen LogP contribution < -0.4 is 5.32 Å². The van der Waals surface area contributed by atoms with Gasteiger partial charge in [0, 0.05) is 18.8 Å². The summed E-state index contributed by atoms with van der Waals surface area (Å²) in [5, 5.41) is 13.8. The van der Waals surface area contributed by atoms with Gasteiger partial charge in [-0.25, -0.2) is 13.1 Å². The molecule has 0 saturated carbocycles. The van der Waals surface area contributed by atoms with E-state index in [0.717, 1.165) is 30.5 Å². The average molecular weight is 427 g/mol. The molecule has 0 unspecified atom stereocenters. The molecule has 0 bridgehead atoms. The van der Waals surface area contributed by atoms with E-state index in [1.165, 1.54) is 21.4 Å². The number of benzene rings is 2. The third-order valence-corrected chi connectivity index (χ3v) is 6.88. The Balaban J connectivity index is 1.42. The number of nitrogens with one attached hydrogen (secondary N) is 1. The van der Waals surface area contributed by atoms with Gasteiger partial charge in [-0.05, 0) is 59.2 Å². The van der Waals surface area contributed by atoms with Crippen LogP contribution in [0.5, 0.6) is 0 Å². The van der Waals surface area contributed by atoms with Crippen molar-refractivity contribution in [3.8, 4) is 5.69 Å². The van der Waals surface area contributed by atoms with Crippen LogP contribution in [-0.2, 0) is 21.2 Å². The maximum absolute atomic E-state index is 12.8. The number of nitrogens with zero attached hydrogens (tertiary/aromatic N) is 5. The fraction of sp³-hybridized carbons (Fsp3) is 0.300. The van der Waals surface area contributed by atoms with E-state index in [-0.39, 0.29) is 17.2 Å². The van der Waals surface area contributed by atoms with Crippen molar-refractivity contribution in [2.45, 2.75) is 30.6 Å². The molecule has 3 aromatic rings. The molecule has 1 aliphatic rings. The van der Waals surface area contributed by atoms with E-state index in [0.29, 0.717) is 18.8 Å². The van der Waals surface area contributed by atoms with Gasteiger partial charge in [0.05, 0.1) is 17.0 Å². The molecule has 0 spiro atoms. The number of carbonyl (C=O) groups is 1. The smallest absolute Gasteiger partial charge is 0.243 e. The number of amides is 1. The molecule has 2 aromatic carbocycles. The summed E-state index contributed by atoms with van der Waals surface area (Å²) in [6, 6.07) is 13.7. The summed E-state index contributed by atoms with van der Waals surface area (Å²) in [5.74, 6) is -0.224. The number of aromatic nitrogens is 4. The molecule has 1 aliphatic heterocycles. The Morgan fingerprint density at radius 1 is 1.03 bits per heavy atom. The number of hydrogen-bond acceptors (Lipinski definition) is 6. The molecule has 1 amide bonds. The molecule has 0 radical (unpaired) electrons. The van der Waals surface area contributed by atoms with Gasteiger partial charge in [-0.1, -0.05) is 24.6 Å². The normalized spacial score (nSPS) is 15.1. The molecule has 1 saturated heterocycles. The second kappa shape index (κ2) is 8.72. The lowest BCUT2D eigenvalue weighted by molar-refractivity contribution is -0.115. The summed E-state index contributed by atoms with van der Waals surface area (Å²) in [4.78, 5) is 12.7. The monoisotopic (exact) mass is 426 g/mol. The van der Waals surface area contributed by atoms with E-state index in [1.807, 2.05) is 24.3 Å². The highest BCUT2D eigenvalue weighted by Crippen LogP contribution is 2.23. The molecule has 0 atom stereocenters. The maximum Gasteiger partial charge on any atom is 0.243 e. The third-order valence-electron chi connectivity index (χ3n) is 4.99. The SMILES string of the molecule is O=C(Cc1ccc(-n2cnnn2)cc1)Nc1cccc(S(=O)(=O)N2CCCCC2)c1. The Bertz CT molecular complexity index is 1110. The minimum absolute atomic E-state index is 0.166. The Hall–Kier alpha value is -3.11. The summed E-state index contributed by atoms with van der Waals surface area (Å²) in [7, 11) is -3.54. The van der Waals surface area contributed by atoms with Gasteiger partial charge in [0.2, 0.25) is 15.9 Å². The van der Waals surface area contributed by atoms with Crippen LogP contribution in [0.4, 0.5) is 5.69 Å². The van der Waals surface area contributed by atoms with E-state index < -0.39 is 10.0 Å². The molecule has 156 valence electrons. The van der Waals surface area contributed by atoms with Gasteiger partial charge < -0.3 is 5.32 Å². The first kappa shape index (κ1) is 20.2. The van der Waals surface area contributed by atoms with Crippen LogP contribution in [0.15, 0.2) is 59.8 Å². The molecule has 2 heterocycles. The van der Waals surface area contributed by atoms with Crippen LogP contribution >= 0.6 is 0 Å². The van der Waals surface area contributed by atoms with Crippen LogP contribution in [0.25, 0.3) is 5.69 Å². The van der Waals surface area contributed by atoms with E-state index >= 15 is 0 Å². The van der Waals surface area contributed by atoms with E-state index in [4.69, 9.17) is 0 Å². The van der Waals surface area contributed by atoms with Gasteiger partial charge >= 0.3 is 0 Å². The first-order valence-electron chi connectivity index (χ1n) is 9.75. The van der Waals surface area contributed by atoms with E-state index in [2.05, 4.69) is 20.8 Å². The maximum atomic E-state index is 12.8. The number of rotatable bonds is 6. The van der Waals surface area contributed by atoms with Crippen molar-refractivity contribution in [3.05, 3.63) is 60.4 Å². The molecule has 1 fully saturated rings. The summed E-state index contributed by atoms with van der Waals surface area (Å²) in [5.41, 5.74) is 2.07. The molecular formula is C20H22N6O3S. The lowest BCUT2D eigenvalue weighted by atomic mass is 10.1. The number of anilines is 1. The van der Waals surface area contributed by atoms with Gasteiger partial charge in [0.25, 0.3) is 0 Å². The Morgan fingerprint density at radius 3 is 2.50 bits per heavy atom. The predicted octanol–water partition coefficient (Wildman–Crippen LogP) is 2.02. The second-order valence-electron chi connectivity index (χ2n) is 7.14. The van der Waals surface area contributed by atoms with Crippen molar-refractivity contribution >= 4 is 21.6 Å². The van der Waals surface area contributed by atoms with Crippen LogP contribution in [0.3, 0.4) is 0 Å². The highest BCUT2D eigenvalue weighted by molar-refractivity contribution is 7.89. The number of sulfonamides is 1. The van der Waals surface area contributed by atoms with Gasteiger partial charge in [0.15, 0.2) is 0 Å². The van der Waals surface area contributed by atoms with Crippen molar-refractivity contribution in [1.82, 2.24) is 24.5 Å². The number of carbonyl (C=O) groups excluding carboxylic acids is 1. The van der Waals surface area contributed by atoms with Crippen LogP contribution in [-0.4, -0.2) is 51.9 Å². The molecule has 30 heavy (non-hydrogen) atoms. The fourth-order valence-electron chi connectivity index (χ4n) is 3.43. The van der Waals surface area contributed by atoms with Crippen molar-refractivity contribution in [2.75, 3.05) is 18.4 Å². The quantitative estimate of drug-likeness (QED) is 0.646. The number of tetrazole rings is 1. The molecule has 9 nitrogen and oxygen atoms in total. The Labute approximate surface area is 174 Å². The largest absolute Gasteiger partial charge is 0.326 e. The summed E-state index contributed by atoms with van der Waals surface area (Å²) in [6.45, 7) is 1.08. The van der Waals surface area contributed by atoms with Gasteiger partial charge in [-0.15, -0.1) is 5.10 Å². The zero-order valence-electron chi connectivity index (χ0n) is 16.3. The van der Waals surface area contributed by atoms with Crippen molar-refractivity contribution in [3.63, 3.8) is 0 Å². The second-order valence-corrected chi connectivity index (χ2v) is 9.08. The standard InChI is InChI=1S/C20H22N6O3S/c27-20(13-16-7-9-18(10-8-16)26-15-21-23-24-26)22-17-5-4-6-19(14-17)30(28,29)25-11-2-1-3-12-25/h4-10,14-15H,1-3,11-13H2,(H,22,27). The van der Waals surface area contributed by atoms with Crippen molar-refractivity contribution in [1.29, 1.82) is 0 Å². The Morgan fingerprint density at radius 2 is 1.80 bits per heavy atom. The molecule has 1 aromatic heterocycles. The summed E-state index contributed by atoms with van der Waals surface area (Å²) in [6.07, 6.45) is 4.47. The molecule has 1 N–H and O–H groups in total. The van der Waals surface area contributed by atoms with Crippen molar-refractivity contribution < 1.29 is 13.2 Å². The molecule has 10 heteroatoms. The zero-order chi connectivity index (χ0) is 21.0. The van der Waals surface area contributed by atoms with Crippen LogP contribution in [0.1, 0.15) is 24.8 Å². The van der Waals surface area contributed by atoms with E-state index in [1.54, 1.807) is 18.2 Å². The lowest BCUT2D eigenvalue weighted by Crippen LogP contribution is -2.35. The zero-order valence-corrected chi connectivity index (χ0v) is 17.1. The average Bonchev–Trinajstić information content (AvgIpc) is 3.30. The highest BCUT2D eigenvalue weighted by atomic mass is 32.2. The van der Waals surface area contributed by atoms with Gasteiger partial charge in [-0.2, -0.15) is 4.31 Å². The fourth-order valence-corrected chi connectivity index (χ4v) is 4.99. The third kappa shape index (κ3) is 4.55. The van der Waals surface area contributed by atoms with Crippen molar-refractivity contribution in [2.24, 2.45) is 0 Å². The predicted molar refractivity (Wildman–Crippen MR) is 111 cm³/mol. The highest BCUT2D eigenvalue weighted by Gasteiger charge is 2.26. The number of piperidine rings is 1. The first-order chi connectivity index (χ1) is 14.5. The van der Waals surface area contributed by atoms with E-state index in [9.17, 15) is 13.2 Å². The molecule has 0 aliphatic carbocycles. The molecule has 4 rings (SSSR count). The summed E-state index contributed by atoms with van der Waals surface area (Å²) >= 11 is 0. The minimum atomic E-state index is -3.54. The Kier molecular flexibility index (Phi) is 5.86. The van der Waals surface area contributed by atoms with Gasteiger partial charge in [-0.3, -0.25) is 4.79 Å². The lowest BCUT2D eigenvalue weighted by Gasteiger charge is -2.26. The first-order valence-corrected chi connectivity index (χ1v) is 11.2. The van der Waals surface area contributed by atoms with Gasteiger partial charge in [0.1, 0.15) is 6.33 Å². The number of hydrogen-bond donors (Lipinski definition) is 1. The van der Waals surface area contributed by atoms with Crippen LogP contribution in [0, 0.1) is 0 Å². The topological polar surface area (TPSA) is 110 Å². The molecular weight excluding hydrogens is 404 g/mol.